The first-order chi connectivity index (χ1) is 11.0. The quantitative estimate of drug-likeness (QED) is 0.852. The number of nitrogens with one attached hydrogen (secondary N) is 2. The van der Waals surface area contributed by atoms with Crippen LogP contribution in [0, 0.1) is 0 Å². The van der Waals surface area contributed by atoms with Gasteiger partial charge < -0.3 is 15.4 Å². The zero-order valence-corrected chi connectivity index (χ0v) is 14.0. The van der Waals surface area contributed by atoms with Crippen molar-refractivity contribution in [3.05, 3.63) is 23.2 Å². The van der Waals surface area contributed by atoms with Crippen LogP contribution >= 0.6 is 23.4 Å². The molecule has 23 heavy (non-hydrogen) atoms. The van der Waals surface area contributed by atoms with E-state index in [0.29, 0.717) is 27.7 Å². The zero-order chi connectivity index (χ0) is 16.4. The molecule has 0 unspecified atom stereocenters. The van der Waals surface area contributed by atoms with Gasteiger partial charge in [-0.2, -0.15) is 0 Å². The first-order valence-electron chi connectivity index (χ1n) is 7.24. The van der Waals surface area contributed by atoms with Crippen LogP contribution in [0.1, 0.15) is 19.3 Å². The number of carbonyl (C=O) groups is 2. The van der Waals surface area contributed by atoms with Crippen LogP contribution in [0.3, 0.4) is 0 Å². The number of methoxy groups -OCH3 is 1. The molecule has 1 aromatic carbocycles. The van der Waals surface area contributed by atoms with Gasteiger partial charge in [0.2, 0.25) is 11.8 Å². The lowest BCUT2D eigenvalue weighted by molar-refractivity contribution is -0.122. The molecule has 8 heteroatoms. The van der Waals surface area contributed by atoms with Crippen molar-refractivity contribution in [1.29, 1.82) is 0 Å². The first kappa shape index (κ1) is 16.1. The van der Waals surface area contributed by atoms with Crippen LogP contribution < -0.4 is 15.4 Å². The molecule has 1 aromatic rings. The molecule has 3 rings (SSSR count). The molecule has 1 saturated heterocycles. The average molecular weight is 354 g/mol. The van der Waals surface area contributed by atoms with E-state index in [1.54, 1.807) is 18.2 Å². The summed E-state index contributed by atoms with van der Waals surface area (Å²) in [5.74, 6) is 0.125. The van der Waals surface area contributed by atoms with E-state index in [9.17, 15) is 9.59 Å². The predicted molar refractivity (Wildman–Crippen MR) is 91.2 cm³/mol. The van der Waals surface area contributed by atoms with Crippen LogP contribution in [-0.2, 0) is 9.59 Å². The average Bonchev–Trinajstić information content (AvgIpc) is 3.24. The third kappa shape index (κ3) is 4.17. The molecule has 1 heterocycles. The lowest BCUT2D eigenvalue weighted by atomic mass is 10.2. The number of hydrogen-bond donors (Lipinski definition) is 2. The number of aliphatic imine (C=N–C) groups is 1. The molecule has 122 valence electrons. The number of amides is 2. The van der Waals surface area contributed by atoms with Gasteiger partial charge in [0, 0.05) is 12.1 Å². The maximum Gasteiger partial charge on any atom is 0.240 e. The van der Waals surface area contributed by atoms with E-state index in [1.165, 1.54) is 18.9 Å². The molecular weight excluding hydrogens is 338 g/mol. The van der Waals surface area contributed by atoms with Crippen LogP contribution in [0.4, 0.5) is 5.69 Å². The van der Waals surface area contributed by atoms with Gasteiger partial charge >= 0.3 is 0 Å². The Kier molecular flexibility index (Phi) is 4.77. The Morgan fingerprint density at radius 1 is 1.52 bits per heavy atom. The van der Waals surface area contributed by atoms with Crippen LogP contribution in [0.15, 0.2) is 23.2 Å². The van der Waals surface area contributed by atoms with E-state index in [1.807, 2.05) is 0 Å². The van der Waals surface area contributed by atoms with Gasteiger partial charge in [0.05, 0.1) is 18.2 Å². The standard InChI is InChI=1S/C15H16ClN3O3S/c1-22-11-5-4-9(6-10(11)16)17-13(20)7-12-14(21)19-15(23-12)18-8-2-3-8/h4-6,8,12H,2-3,7H2,1H3,(H,17,20)(H,18,19,21)/t12-/m0/s1. The van der Waals surface area contributed by atoms with E-state index < -0.39 is 5.25 Å². The van der Waals surface area contributed by atoms with E-state index in [4.69, 9.17) is 16.3 Å². The highest BCUT2D eigenvalue weighted by molar-refractivity contribution is 8.15. The van der Waals surface area contributed by atoms with Crippen LogP contribution in [0.25, 0.3) is 0 Å². The number of carbonyl (C=O) groups excluding carboxylic acids is 2. The summed E-state index contributed by atoms with van der Waals surface area (Å²) in [6, 6.07) is 5.33. The van der Waals surface area contributed by atoms with Crippen molar-refractivity contribution in [2.45, 2.75) is 30.6 Å². The topological polar surface area (TPSA) is 79.8 Å². The minimum absolute atomic E-state index is 0.0871. The third-order valence-corrected chi connectivity index (χ3v) is 4.82. The molecule has 0 spiro atoms. The smallest absolute Gasteiger partial charge is 0.240 e. The molecular formula is C15H16ClN3O3S. The van der Waals surface area contributed by atoms with Crippen molar-refractivity contribution in [3.63, 3.8) is 0 Å². The van der Waals surface area contributed by atoms with Gasteiger partial charge in [-0.05, 0) is 31.0 Å². The third-order valence-electron chi connectivity index (χ3n) is 3.43. The molecule has 0 bridgehead atoms. The fraction of sp³-hybridized carbons (Fsp3) is 0.400. The molecule has 1 atom stereocenters. The summed E-state index contributed by atoms with van der Waals surface area (Å²) in [7, 11) is 1.52. The molecule has 2 N–H and O–H groups in total. The minimum atomic E-state index is -0.443. The van der Waals surface area contributed by atoms with Crippen LogP contribution in [0.2, 0.25) is 5.02 Å². The van der Waals surface area contributed by atoms with Gasteiger partial charge in [-0.1, -0.05) is 23.4 Å². The number of anilines is 1. The highest BCUT2D eigenvalue weighted by atomic mass is 35.5. The Balaban J connectivity index is 1.56. The van der Waals surface area contributed by atoms with Crippen molar-refractivity contribution < 1.29 is 14.3 Å². The van der Waals surface area contributed by atoms with Gasteiger partial charge in [-0.3, -0.25) is 14.6 Å². The number of rotatable bonds is 5. The number of ether oxygens (including phenoxy) is 1. The van der Waals surface area contributed by atoms with Crippen molar-refractivity contribution in [2.24, 2.45) is 4.99 Å². The maximum atomic E-state index is 12.1. The molecule has 1 aliphatic heterocycles. The molecule has 2 amide bonds. The predicted octanol–water partition coefficient (Wildman–Crippen LogP) is 2.43. The summed E-state index contributed by atoms with van der Waals surface area (Å²) >= 11 is 7.34. The SMILES string of the molecule is COc1ccc(NC(=O)C[C@@H]2SC(=NC3CC3)NC2=O)cc1Cl. The summed E-state index contributed by atoms with van der Waals surface area (Å²) in [6.45, 7) is 0. The van der Waals surface area contributed by atoms with Crippen molar-refractivity contribution >= 4 is 46.0 Å². The summed E-state index contributed by atoms with van der Waals surface area (Å²) < 4.78 is 5.06. The number of thioether (sulfide) groups is 1. The highest BCUT2D eigenvalue weighted by Gasteiger charge is 2.33. The van der Waals surface area contributed by atoms with Crippen molar-refractivity contribution in [2.75, 3.05) is 12.4 Å². The monoisotopic (exact) mass is 353 g/mol. The fourth-order valence-corrected chi connectivity index (χ4v) is 3.39. The van der Waals surface area contributed by atoms with E-state index in [-0.39, 0.29) is 18.2 Å². The van der Waals surface area contributed by atoms with Gasteiger partial charge in [0.25, 0.3) is 0 Å². The van der Waals surface area contributed by atoms with Gasteiger partial charge in [-0.15, -0.1) is 0 Å². The second-order valence-electron chi connectivity index (χ2n) is 5.36. The Morgan fingerprint density at radius 3 is 2.96 bits per heavy atom. The second-order valence-corrected chi connectivity index (χ2v) is 6.96. The first-order valence-corrected chi connectivity index (χ1v) is 8.49. The van der Waals surface area contributed by atoms with E-state index in [2.05, 4.69) is 15.6 Å². The summed E-state index contributed by atoms with van der Waals surface area (Å²) in [5, 5.41) is 6.06. The molecule has 0 radical (unpaired) electrons. The number of benzene rings is 1. The largest absolute Gasteiger partial charge is 0.495 e. The summed E-state index contributed by atoms with van der Waals surface area (Å²) in [6.07, 6.45) is 2.23. The number of amidine groups is 1. The highest BCUT2D eigenvalue weighted by Crippen LogP contribution is 2.30. The number of hydrogen-bond acceptors (Lipinski definition) is 5. The van der Waals surface area contributed by atoms with Gasteiger partial charge in [0.15, 0.2) is 5.17 Å². The normalized spacial score (nSPS) is 22.1. The van der Waals surface area contributed by atoms with Crippen LogP contribution in [-0.4, -0.2) is 35.4 Å². The summed E-state index contributed by atoms with van der Waals surface area (Å²) in [5.41, 5.74) is 0.566. The van der Waals surface area contributed by atoms with Gasteiger partial charge in [0.1, 0.15) is 11.0 Å². The lowest BCUT2D eigenvalue weighted by Crippen LogP contribution is -2.28. The van der Waals surface area contributed by atoms with Gasteiger partial charge in [-0.25, -0.2) is 0 Å². The maximum absolute atomic E-state index is 12.1. The molecule has 1 saturated carbocycles. The Morgan fingerprint density at radius 2 is 2.30 bits per heavy atom. The second kappa shape index (κ2) is 6.80. The Labute approximate surface area is 143 Å². The zero-order valence-electron chi connectivity index (χ0n) is 12.5. The Bertz CT molecular complexity index is 676. The summed E-state index contributed by atoms with van der Waals surface area (Å²) in [4.78, 5) is 28.4. The Hall–Kier alpha value is -1.73. The molecule has 2 aliphatic rings. The fourth-order valence-electron chi connectivity index (χ4n) is 2.09. The number of halogens is 1. The van der Waals surface area contributed by atoms with E-state index in [0.717, 1.165) is 12.8 Å². The lowest BCUT2D eigenvalue weighted by Gasteiger charge is -2.09. The minimum Gasteiger partial charge on any atom is -0.495 e. The number of nitrogens with zero attached hydrogens (tertiary/aromatic N) is 1. The van der Waals surface area contributed by atoms with E-state index >= 15 is 0 Å². The molecule has 0 aromatic heterocycles. The van der Waals surface area contributed by atoms with Crippen molar-refractivity contribution in [3.8, 4) is 5.75 Å². The van der Waals surface area contributed by atoms with Crippen molar-refractivity contribution in [1.82, 2.24) is 5.32 Å². The molecule has 1 aliphatic carbocycles. The van der Waals surface area contributed by atoms with Crippen LogP contribution in [0.5, 0.6) is 5.75 Å². The molecule has 2 fully saturated rings. The molecule has 6 nitrogen and oxygen atoms in total.